The van der Waals surface area contributed by atoms with E-state index < -0.39 is 103 Å². The molecule has 0 bridgehead atoms. The first kappa shape index (κ1) is 38.5. The third-order valence-corrected chi connectivity index (χ3v) is 19.4. The molecular weight excluding hydrogens is 1100 g/mol. The maximum atomic E-state index is 9.76. The van der Waals surface area contributed by atoms with Gasteiger partial charge in [0.2, 0.25) is 0 Å². The Morgan fingerprint density at radius 3 is 0.978 bits per heavy atom. The van der Waals surface area contributed by atoms with Gasteiger partial charge in [-0.2, -0.15) is 0 Å². The number of fused-ring (bicyclic) bond motifs is 26. The first-order chi connectivity index (χ1) is 51.1. The predicted molar refractivity (Wildman–Crippen MR) is 391 cm³/mol. The molecule has 0 saturated carbocycles. The van der Waals surface area contributed by atoms with Gasteiger partial charge in [0.05, 0.1) is 66.1 Å². The van der Waals surface area contributed by atoms with Crippen molar-refractivity contribution in [2.45, 2.75) is 52.4 Å². The van der Waals surface area contributed by atoms with Crippen LogP contribution in [0.4, 0.5) is 0 Å². The van der Waals surface area contributed by atoms with Crippen LogP contribution in [0.2, 0.25) is 0 Å². The Hall–Kier alpha value is -10.9. The van der Waals surface area contributed by atoms with Crippen LogP contribution >= 0.6 is 0 Å². The van der Waals surface area contributed by atoms with Crippen LogP contribution in [-0.4, -0.2) is 25.0 Å². The molecular formula is C86H63BN4. The summed E-state index contributed by atoms with van der Waals surface area (Å²) in [5, 5.41) is 11.0. The van der Waals surface area contributed by atoms with Gasteiger partial charge in [-0.1, -0.05) is 235 Å². The van der Waals surface area contributed by atoms with Crippen LogP contribution in [0, 0.1) is 0 Å². The van der Waals surface area contributed by atoms with E-state index in [2.05, 4.69) is 166 Å². The highest BCUT2D eigenvalue weighted by atomic mass is 15.0. The minimum absolute atomic E-state index is 0.0337. The molecule has 0 fully saturated rings. The Labute approximate surface area is 550 Å². The van der Waals surface area contributed by atoms with Gasteiger partial charge >= 0.3 is 0 Å². The van der Waals surface area contributed by atoms with Crippen molar-refractivity contribution in [2.24, 2.45) is 0 Å². The van der Waals surface area contributed by atoms with E-state index in [9.17, 15) is 16.4 Å². The molecule has 6 heterocycles. The van der Waals surface area contributed by atoms with Crippen LogP contribution in [-0.2, 0) is 10.8 Å². The van der Waals surface area contributed by atoms with Crippen LogP contribution in [0.5, 0.6) is 0 Å². The summed E-state index contributed by atoms with van der Waals surface area (Å²) in [6, 6.07) is 53.4. The van der Waals surface area contributed by atoms with E-state index in [-0.39, 0.29) is 54.4 Å². The van der Waals surface area contributed by atoms with Gasteiger partial charge in [0.1, 0.15) is 0 Å². The zero-order chi connectivity index (χ0) is 74.7. The minimum Gasteiger partial charge on any atom is -0.310 e. The summed E-state index contributed by atoms with van der Waals surface area (Å²) in [6.07, 6.45) is 0. The van der Waals surface area contributed by atoms with Crippen molar-refractivity contribution in [2.75, 3.05) is 0 Å². The van der Waals surface area contributed by atoms with E-state index in [0.29, 0.717) is 22.7 Å². The number of benzene rings is 13. The fourth-order valence-electron chi connectivity index (χ4n) is 15.3. The average Bonchev–Trinajstić information content (AvgIpc) is 1.59. The van der Waals surface area contributed by atoms with Crippen molar-refractivity contribution >= 4 is 153 Å². The molecule has 17 aromatic rings. The van der Waals surface area contributed by atoms with Crippen LogP contribution < -0.4 is 16.4 Å². The molecule has 4 aromatic heterocycles. The first-order valence-electron chi connectivity index (χ1n) is 38.9. The molecule has 19 rings (SSSR count). The maximum Gasteiger partial charge on any atom is 0.252 e. The lowest BCUT2D eigenvalue weighted by Gasteiger charge is -2.36. The Balaban J connectivity index is 1.13. The van der Waals surface area contributed by atoms with Crippen molar-refractivity contribution in [3.05, 3.63) is 284 Å². The van der Waals surface area contributed by atoms with Gasteiger partial charge in [0.25, 0.3) is 6.71 Å². The van der Waals surface area contributed by atoms with Gasteiger partial charge in [-0.3, -0.25) is 0 Å². The second kappa shape index (κ2) is 18.8. The summed E-state index contributed by atoms with van der Waals surface area (Å²) in [6.45, 7) is 12.6. The van der Waals surface area contributed by atoms with Crippen molar-refractivity contribution in [1.82, 2.24) is 18.3 Å². The lowest BCUT2D eigenvalue weighted by molar-refractivity contribution is 0.591. The number of nitrogens with zero attached hydrogens (tertiary/aromatic N) is 4. The standard InChI is InChI=1S/C86H63BN4/c1-85(2,3)52-39-43-60-68(47-52)58-25-9-7-23-56(58)62-27-11-21-37-78(62)90-80-49-54(88-74-33-17-13-29-64(74)65-30-14-18-34-75(65)88)41-45-72(80)87-73-46-42-55(89-76-35-19-15-31-66(76)67-32-16-20-36-77(67)89)50-81(73)91-79-38-22-12-28-63(79)57-24-8-10-26-59(57)69-48-53(86(4,5)6)40-44-61(69)71-51-70(60)83(90)82(87)84(71)91/h7-51H,1-6H3/i13D,14D,15D,16D,17D,18D,19D,20D,29D,30D,31D,32D,33D,34D,35D,36D. The molecule has 0 radical (unpaired) electrons. The van der Waals surface area contributed by atoms with Gasteiger partial charge in [-0.05, 0) is 160 Å². The van der Waals surface area contributed by atoms with Crippen molar-refractivity contribution in [1.29, 1.82) is 0 Å². The van der Waals surface area contributed by atoms with Gasteiger partial charge in [-0.15, -0.1) is 0 Å². The second-order valence-corrected chi connectivity index (χ2v) is 26.4. The Morgan fingerprint density at radius 2 is 0.604 bits per heavy atom. The largest absolute Gasteiger partial charge is 0.310 e. The lowest BCUT2D eigenvalue weighted by Crippen LogP contribution is -2.59. The number of aromatic nitrogens is 4. The summed E-state index contributed by atoms with van der Waals surface area (Å²) in [7, 11) is 0. The van der Waals surface area contributed by atoms with E-state index >= 15 is 0 Å². The highest BCUT2D eigenvalue weighted by molar-refractivity contribution is 7.00. The Bertz CT molecular complexity index is 6670. The molecule has 0 aliphatic carbocycles. The van der Waals surface area contributed by atoms with Crippen molar-refractivity contribution in [3.8, 4) is 22.7 Å². The molecule has 2 aliphatic rings. The molecule has 0 amide bonds. The molecule has 2 aliphatic heterocycles. The van der Waals surface area contributed by atoms with E-state index in [1.165, 1.54) is 0 Å². The topological polar surface area (TPSA) is 19.7 Å². The fraction of sp³-hybridized carbons (Fsp3) is 0.0930. The number of para-hydroxylation sites is 6. The predicted octanol–water partition coefficient (Wildman–Crippen LogP) is 20.7. The highest BCUT2D eigenvalue weighted by Gasteiger charge is 2.40. The van der Waals surface area contributed by atoms with E-state index in [4.69, 9.17) is 5.48 Å². The monoisotopic (exact) mass is 1180 g/mol. The number of hydrogen-bond acceptors (Lipinski definition) is 0. The summed E-state index contributed by atoms with van der Waals surface area (Å²) in [5.74, 6) is 0. The van der Waals surface area contributed by atoms with Crippen LogP contribution in [0.25, 0.3) is 153 Å². The molecule has 430 valence electrons. The second-order valence-electron chi connectivity index (χ2n) is 26.4. The highest BCUT2D eigenvalue weighted by Crippen LogP contribution is 2.45. The quantitative estimate of drug-likeness (QED) is 0.154. The number of rotatable bonds is 2. The van der Waals surface area contributed by atoms with Gasteiger partial charge in [-0.25, -0.2) is 0 Å². The Morgan fingerprint density at radius 1 is 0.275 bits per heavy atom. The summed E-state index contributed by atoms with van der Waals surface area (Å²) < 4.78 is 158. The van der Waals surface area contributed by atoms with Gasteiger partial charge in [0.15, 0.2) is 0 Å². The molecule has 4 nitrogen and oxygen atoms in total. The third kappa shape index (κ3) is 7.35. The lowest BCUT2D eigenvalue weighted by atomic mass is 9.34. The number of hydrogen-bond donors (Lipinski definition) is 0. The zero-order valence-electron chi connectivity index (χ0n) is 66.6. The normalized spacial score (nSPS) is 15.4. The molecule has 0 atom stereocenters. The molecule has 0 unspecified atom stereocenters. The Kier molecular flexibility index (Phi) is 7.97. The molecule has 0 saturated heterocycles. The smallest absolute Gasteiger partial charge is 0.252 e. The zero-order valence-corrected chi connectivity index (χ0v) is 50.6. The third-order valence-electron chi connectivity index (χ3n) is 19.4. The maximum absolute atomic E-state index is 9.76. The van der Waals surface area contributed by atoms with Crippen molar-refractivity contribution < 1.29 is 21.9 Å². The van der Waals surface area contributed by atoms with Gasteiger partial charge in [0, 0.05) is 65.8 Å². The first-order valence-corrected chi connectivity index (χ1v) is 30.9. The summed E-state index contributed by atoms with van der Waals surface area (Å²) in [4.78, 5) is 0. The van der Waals surface area contributed by atoms with Crippen LogP contribution in [0.1, 0.15) is 74.6 Å². The molecule has 91 heavy (non-hydrogen) atoms. The van der Waals surface area contributed by atoms with E-state index in [1.807, 2.05) is 60.7 Å². The van der Waals surface area contributed by atoms with E-state index in [0.717, 1.165) is 114 Å². The molecule has 13 aromatic carbocycles. The van der Waals surface area contributed by atoms with Gasteiger partial charge < -0.3 is 18.3 Å². The van der Waals surface area contributed by atoms with E-state index in [1.54, 1.807) is 9.13 Å². The molecule has 0 N–H and O–H groups in total. The molecule has 5 heteroatoms. The average molecular weight is 1180 g/mol. The minimum atomic E-state index is -0.750. The molecule has 0 spiro atoms. The summed E-state index contributed by atoms with van der Waals surface area (Å²) in [5.41, 5.74) is 9.00. The van der Waals surface area contributed by atoms with Crippen LogP contribution in [0.15, 0.2) is 273 Å². The van der Waals surface area contributed by atoms with Crippen LogP contribution in [0.3, 0.4) is 0 Å². The summed E-state index contributed by atoms with van der Waals surface area (Å²) >= 11 is 0. The fourth-order valence-corrected chi connectivity index (χ4v) is 15.3. The van der Waals surface area contributed by atoms with Crippen molar-refractivity contribution in [3.63, 3.8) is 0 Å². The SMILES string of the molecule is [2H]c1c([2H])c([2H])c2c(c1[2H])c1c([2H])c([2H])c([2H])c([2H])c1n2-c1ccc2c(c1)-n1c3ccccc3c3ccccc3c3cc(C(C)(C)C)ccc3c3cc4c5ccc(C(C)(C)C)cc5c5ccccc5c5ccccc5n5c4c(c31)B2c1ccc(-n2c3c([2H])c([2H])c([2H])c([2H])c3c3c([2H])c([2H])c([2H])c([2H])c32)cc1-5.